The number of ether oxygens (including phenoxy) is 5. The predicted molar refractivity (Wildman–Crippen MR) is 204 cm³/mol. The topological polar surface area (TPSA) is 219 Å². The smallest absolute Gasteiger partial charge is 0.425 e. The lowest BCUT2D eigenvalue weighted by molar-refractivity contribution is -0.149. The highest BCUT2D eigenvalue weighted by Crippen LogP contribution is 2.42. The third-order valence-electron chi connectivity index (χ3n) is 9.00. The summed E-state index contributed by atoms with van der Waals surface area (Å²) >= 11 is 1.20. The summed E-state index contributed by atoms with van der Waals surface area (Å²) in [6.45, 7) is 0.716. The molecule has 2 saturated heterocycles. The Kier molecular flexibility index (Phi) is 16.0. The zero-order valence-electron chi connectivity index (χ0n) is 31.7. The van der Waals surface area contributed by atoms with Crippen molar-refractivity contribution in [3.63, 3.8) is 0 Å². The summed E-state index contributed by atoms with van der Waals surface area (Å²) < 4.78 is 108. The largest absolute Gasteiger partial charge is 0.512 e. The molecule has 5 rings (SSSR count). The summed E-state index contributed by atoms with van der Waals surface area (Å²) in [5, 5.41) is 11.7. The van der Waals surface area contributed by atoms with E-state index in [1.807, 2.05) is 6.07 Å². The van der Waals surface area contributed by atoms with Gasteiger partial charge in [0.25, 0.3) is 0 Å². The maximum Gasteiger partial charge on any atom is 0.512 e. The summed E-state index contributed by atoms with van der Waals surface area (Å²) in [6, 6.07) is 8.69. The number of esters is 1. The number of aromatic nitrogens is 3. The van der Waals surface area contributed by atoms with Gasteiger partial charge in [0, 0.05) is 47.7 Å². The van der Waals surface area contributed by atoms with Crippen LogP contribution in [0.15, 0.2) is 79.4 Å². The number of hydrogen-bond acceptors (Lipinski definition) is 15. The lowest BCUT2D eigenvalue weighted by Crippen LogP contribution is -2.47. The van der Waals surface area contributed by atoms with Crippen molar-refractivity contribution in [1.82, 2.24) is 19.7 Å². The average molecular weight is 878 g/mol. The quantitative estimate of drug-likeness (QED) is 0.0683. The van der Waals surface area contributed by atoms with Crippen LogP contribution in [-0.2, 0) is 60.0 Å². The molecule has 1 N–H and O–H groups in total. The Morgan fingerprint density at radius 3 is 2.47 bits per heavy atom. The van der Waals surface area contributed by atoms with Gasteiger partial charge in [0.1, 0.15) is 30.1 Å². The van der Waals surface area contributed by atoms with Crippen molar-refractivity contribution in [2.45, 2.75) is 54.8 Å². The van der Waals surface area contributed by atoms with Crippen molar-refractivity contribution < 1.29 is 68.4 Å². The van der Waals surface area contributed by atoms with Gasteiger partial charge in [-0.1, -0.05) is 24.3 Å². The molecule has 3 aromatic rings. The number of carbonyl (C=O) groups is 3. The van der Waals surface area contributed by atoms with Crippen molar-refractivity contribution in [3.8, 4) is 6.07 Å². The van der Waals surface area contributed by atoms with Gasteiger partial charge in [-0.2, -0.15) is 18.8 Å². The minimum Gasteiger partial charge on any atom is -0.425 e. The van der Waals surface area contributed by atoms with Crippen LogP contribution < -0.4 is 0 Å². The van der Waals surface area contributed by atoms with E-state index in [0.29, 0.717) is 6.07 Å². The third kappa shape index (κ3) is 13.2. The molecule has 2 aliphatic heterocycles. The van der Waals surface area contributed by atoms with Gasteiger partial charge in [-0.3, -0.25) is 9.35 Å². The third-order valence-corrected chi connectivity index (χ3v) is 11.0. The highest BCUT2D eigenvalue weighted by molar-refractivity contribution is 8.00. The van der Waals surface area contributed by atoms with Gasteiger partial charge in [-0.05, 0) is 50.1 Å². The number of halogens is 3. The monoisotopic (exact) mass is 877 g/mol. The Hall–Kier alpha value is -5.57. The molecule has 2 aliphatic rings. The first-order valence-corrected chi connectivity index (χ1v) is 20.3. The molecule has 0 saturated carbocycles. The molecule has 17 nitrogen and oxygen atoms in total. The van der Waals surface area contributed by atoms with Crippen LogP contribution in [-0.4, -0.2) is 107 Å². The molecule has 320 valence electrons. The van der Waals surface area contributed by atoms with Crippen LogP contribution in [0.1, 0.15) is 36.5 Å². The Bertz CT molecular complexity index is 2220. The van der Waals surface area contributed by atoms with E-state index in [4.69, 9.17) is 33.5 Å². The molecule has 2 aromatic carbocycles. The average Bonchev–Trinajstić information content (AvgIpc) is 3.72. The van der Waals surface area contributed by atoms with Gasteiger partial charge >= 0.3 is 22.5 Å². The second-order valence-electron chi connectivity index (χ2n) is 13.1. The molecule has 2 unspecified atom stereocenters. The molecule has 0 radical (unpaired) electrons. The maximum absolute atomic E-state index is 15.7. The fourth-order valence-electron chi connectivity index (χ4n) is 6.08. The first-order chi connectivity index (χ1) is 28.6. The second-order valence-corrected chi connectivity index (χ2v) is 15.8. The number of likely N-dealkylation sites (tertiary alicyclic amines) is 1. The number of nitrogens with zero attached hydrogens (tertiary/aromatic N) is 5. The number of carbonyl (C=O) groups excluding carboxylic acids is 3. The number of nitriles is 1. The molecule has 2 fully saturated rings. The number of benzene rings is 2. The zero-order chi connectivity index (χ0) is 43.3. The van der Waals surface area contributed by atoms with Crippen molar-refractivity contribution >= 4 is 46.3 Å². The minimum atomic E-state index is -4.65. The molecule has 22 heteroatoms. The fourth-order valence-corrected chi connectivity index (χ4v) is 7.97. The van der Waals surface area contributed by atoms with Gasteiger partial charge in [0.2, 0.25) is 12.7 Å². The number of piperidine rings is 1. The molecule has 3 heterocycles. The molecule has 60 heavy (non-hydrogen) atoms. The van der Waals surface area contributed by atoms with Crippen LogP contribution in [0, 0.1) is 28.8 Å². The van der Waals surface area contributed by atoms with E-state index in [-0.39, 0.29) is 62.4 Å². The molecular formula is C38H38F3N5O12S2. The van der Waals surface area contributed by atoms with E-state index in [2.05, 4.69) is 14.3 Å². The number of hydrogen-bond donors (Lipinski definition) is 1. The van der Waals surface area contributed by atoms with Gasteiger partial charge in [-0.25, -0.2) is 36.6 Å². The number of thioether (sulfide) groups is 1. The molecule has 0 spiro atoms. The maximum atomic E-state index is 15.7. The van der Waals surface area contributed by atoms with E-state index in [1.165, 1.54) is 52.2 Å². The molecule has 0 bridgehead atoms. The van der Waals surface area contributed by atoms with E-state index in [0.717, 1.165) is 30.4 Å². The zero-order valence-corrected chi connectivity index (χ0v) is 33.3. The molecule has 2 atom stereocenters. The Balaban J connectivity index is 1.20. The predicted octanol–water partition coefficient (Wildman–Crippen LogP) is 4.62. The molecule has 1 aromatic heterocycles. The van der Waals surface area contributed by atoms with Crippen molar-refractivity contribution in [1.29, 1.82) is 5.26 Å². The second kappa shape index (κ2) is 21.1. The summed E-state index contributed by atoms with van der Waals surface area (Å²) in [4.78, 5) is 43.4. The standard InChI is InChI=1S/C38H38F3N5O12S2/c1-25(59-30-19-53-36(54-20-30)5-3-2-4-27-7-6-26(18-42)16-32(27)40)38(21-46-23-43-22-44-46,31-9-8-28(39)17-33(31)41)57-37(49)56-24-55-35(48)11-10-34(47)45-14-12-29(13-15-45)58-60(50,51)52/h2-11,16-17,22-23,25,29-30,36H,12-15,19-21,24H2,1H3,(H,50,51,52). The fraction of sp³-hybridized carbons (Fsp3) is 0.368. The molecule has 1 amide bonds. The number of rotatable bonds is 16. The Morgan fingerprint density at radius 2 is 1.82 bits per heavy atom. The van der Waals surface area contributed by atoms with Gasteiger partial charge in [0.05, 0.1) is 42.7 Å². The summed E-state index contributed by atoms with van der Waals surface area (Å²) in [6.07, 6.45) is 7.71. The van der Waals surface area contributed by atoms with Crippen LogP contribution in [0.3, 0.4) is 0 Å². The van der Waals surface area contributed by atoms with Crippen LogP contribution in [0.4, 0.5) is 18.0 Å². The van der Waals surface area contributed by atoms with Crippen molar-refractivity contribution in [2.24, 2.45) is 0 Å². The number of allylic oxidation sites excluding steroid dienone is 2. The lowest BCUT2D eigenvalue weighted by Gasteiger charge is -2.40. The Labute approximate surface area is 346 Å². The van der Waals surface area contributed by atoms with E-state index < -0.39 is 81.2 Å². The van der Waals surface area contributed by atoms with Crippen LogP contribution >= 0.6 is 11.8 Å². The van der Waals surface area contributed by atoms with Gasteiger partial charge in [-0.15, -0.1) is 11.8 Å². The highest BCUT2D eigenvalue weighted by Gasteiger charge is 2.47. The lowest BCUT2D eigenvalue weighted by atomic mass is 9.89. The summed E-state index contributed by atoms with van der Waals surface area (Å²) in [5.74, 6) is -4.18. The first-order valence-electron chi connectivity index (χ1n) is 18.0. The van der Waals surface area contributed by atoms with Crippen molar-refractivity contribution in [3.05, 3.63) is 114 Å². The summed E-state index contributed by atoms with van der Waals surface area (Å²) in [5.41, 5.74) is -1.74. The van der Waals surface area contributed by atoms with Gasteiger partial charge < -0.3 is 28.6 Å². The van der Waals surface area contributed by atoms with E-state index in [1.54, 1.807) is 25.2 Å². The molecule has 0 aliphatic carbocycles. The van der Waals surface area contributed by atoms with E-state index >= 15 is 4.39 Å². The van der Waals surface area contributed by atoms with Crippen molar-refractivity contribution in [2.75, 3.05) is 33.1 Å². The number of amides is 1. The molecular weight excluding hydrogens is 840 g/mol. The summed E-state index contributed by atoms with van der Waals surface area (Å²) in [7, 11) is -4.65. The van der Waals surface area contributed by atoms with Crippen LogP contribution in [0.25, 0.3) is 6.08 Å². The Morgan fingerprint density at radius 1 is 1.07 bits per heavy atom. The minimum absolute atomic E-state index is 0.0819. The first kappa shape index (κ1) is 45.5. The highest BCUT2D eigenvalue weighted by atomic mass is 32.3. The SMILES string of the molecule is CC(SC1COC(C=CC=Cc2ccc(C#N)cc2F)OC1)C(Cn1cncn1)(OC(=O)OCOC(=O)C=CC(=O)N1CCC(OS(=O)(=O)O)CC1)c1ccc(F)cc1F. The van der Waals surface area contributed by atoms with Crippen LogP contribution in [0.2, 0.25) is 0 Å². The van der Waals surface area contributed by atoms with Crippen LogP contribution in [0.5, 0.6) is 0 Å². The van der Waals surface area contributed by atoms with E-state index in [9.17, 15) is 31.6 Å². The normalized spacial score (nSPS) is 19.2. The van der Waals surface area contributed by atoms with Gasteiger partial charge in [0.15, 0.2) is 11.9 Å².